The van der Waals surface area contributed by atoms with Crippen LogP contribution in [-0.2, 0) is 0 Å². The molecule has 1 aromatic heterocycles. The zero-order valence-electron chi connectivity index (χ0n) is 10.6. The molecule has 1 fully saturated rings. The highest BCUT2D eigenvalue weighted by molar-refractivity contribution is 7.18. The van der Waals surface area contributed by atoms with Gasteiger partial charge in [0.2, 0.25) is 10.3 Å². The number of likely N-dealkylation sites (N-methyl/N-ethyl adjacent to an activating group) is 2. The molecule has 1 aliphatic rings. The van der Waals surface area contributed by atoms with Gasteiger partial charge in [0.15, 0.2) is 0 Å². The Hall–Kier alpha value is -0.880. The lowest BCUT2D eigenvalue weighted by atomic mass is 10.2. The van der Waals surface area contributed by atoms with Crippen molar-refractivity contribution < 1.29 is 0 Å². The maximum atomic E-state index is 5.58. The lowest BCUT2D eigenvalue weighted by Crippen LogP contribution is -2.36. The first-order valence-electron chi connectivity index (χ1n) is 6.17. The maximum Gasteiger partial charge on any atom is 0.209 e. The molecule has 1 heterocycles. The highest BCUT2D eigenvalue weighted by Crippen LogP contribution is 2.23. The van der Waals surface area contributed by atoms with Crippen LogP contribution in [-0.4, -0.2) is 48.3 Å². The minimum atomic E-state index is 0.538. The summed E-state index contributed by atoms with van der Waals surface area (Å²) in [5, 5.41) is 9.32. The van der Waals surface area contributed by atoms with Crippen molar-refractivity contribution in [2.45, 2.75) is 31.7 Å². The summed E-state index contributed by atoms with van der Waals surface area (Å²) in [5.74, 6) is 0. The monoisotopic (exact) mass is 255 g/mol. The van der Waals surface area contributed by atoms with E-state index in [1.165, 1.54) is 37.0 Å². The first-order valence-corrected chi connectivity index (χ1v) is 6.99. The van der Waals surface area contributed by atoms with Crippen LogP contribution in [0.1, 0.15) is 25.7 Å². The van der Waals surface area contributed by atoms with Crippen LogP contribution >= 0.6 is 11.3 Å². The zero-order chi connectivity index (χ0) is 12.3. The van der Waals surface area contributed by atoms with E-state index in [4.69, 9.17) is 5.73 Å². The smallest absolute Gasteiger partial charge is 0.209 e. The molecule has 0 aromatic carbocycles. The predicted molar refractivity (Wildman–Crippen MR) is 72.5 cm³/mol. The van der Waals surface area contributed by atoms with Crippen LogP contribution in [0.4, 0.5) is 10.3 Å². The zero-order valence-corrected chi connectivity index (χ0v) is 11.4. The van der Waals surface area contributed by atoms with Crippen molar-refractivity contribution in [2.75, 3.05) is 37.8 Å². The molecule has 6 heteroatoms. The molecule has 0 unspecified atom stereocenters. The fraction of sp³-hybridized carbons (Fsp3) is 0.818. The number of nitrogens with zero attached hydrogens (tertiary/aromatic N) is 4. The van der Waals surface area contributed by atoms with Gasteiger partial charge in [0.1, 0.15) is 0 Å². The van der Waals surface area contributed by atoms with E-state index in [9.17, 15) is 0 Å². The summed E-state index contributed by atoms with van der Waals surface area (Å²) in [7, 11) is 4.26. The minimum absolute atomic E-state index is 0.538. The van der Waals surface area contributed by atoms with E-state index in [-0.39, 0.29) is 0 Å². The summed E-state index contributed by atoms with van der Waals surface area (Å²) in [6, 6.07) is 0.780. The Morgan fingerprint density at radius 3 is 2.53 bits per heavy atom. The number of hydrogen-bond acceptors (Lipinski definition) is 6. The van der Waals surface area contributed by atoms with E-state index in [0.717, 1.165) is 24.3 Å². The molecule has 17 heavy (non-hydrogen) atoms. The number of nitrogens with two attached hydrogens (primary N) is 1. The van der Waals surface area contributed by atoms with Crippen molar-refractivity contribution in [3.63, 3.8) is 0 Å². The van der Waals surface area contributed by atoms with Gasteiger partial charge in [0.05, 0.1) is 0 Å². The van der Waals surface area contributed by atoms with Crippen LogP contribution in [0, 0.1) is 0 Å². The average molecular weight is 255 g/mol. The second-order valence-electron chi connectivity index (χ2n) is 4.76. The normalized spacial score (nSPS) is 16.9. The van der Waals surface area contributed by atoms with Crippen LogP contribution in [0.3, 0.4) is 0 Å². The first-order chi connectivity index (χ1) is 8.16. The molecular formula is C11H21N5S. The molecule has 0 spiro atoms. The highest BCUT2D eigenvalue weighted by Gasteiger charge is 2.19. The summed E-state index contributed by atoms with van der Waals surface area (Å²) in [6.45, 7) is 2.04. The van der Waals surface area contributed by atoms with E-state index in [2.05, 4.69) is 27.0 Å². The van der Waals surface area contributed by atoms with E-state index in [0.29, 0.717) is 5.13 Å². The number of nitrogen functional groups attached to an aromatic ring is 1. The predicted octanol–water partition coefficient (Wildman–Crippen LogP) is 1.43. The van der Waals surface area contributed by atoms with Gasteiger partial charge in [-0.2, -0.15) is 0 Å². The molecule has 96 valence electrons. The molecule has 0 amide bonds. The highest BCUT2D eigenvalue weighted by atomic mass is 32.1. The molecule has 0 aliphatic heterocycles. The quantitative estimate of drug-likeness (QED) is 0.862. The molecular weight excluding hydrogens is 234 g/mol. The summed E-state index contributed by atoms with van der Waals surface area (Å²) in [5.41, 5.74) is 5.58. The van der Waals surface area contributed by atoms with Crippen molar-refractivity contribution >= 4 is 21.6 Å². The SMILES string of the molecule is CN(CCN(C)C1CCCC1)c1nnc(N)s1. The van der Waals surface area contributed by atoms with E-state index >= 15 is 0 Å². The maximum absolute atomic E-state index is 5.58. The Kier molecular flexibility index (Phi) is 4.17. The van der Waals surface area contributed by atoms with Crippen molar-refractivity contribution in [1.82, 2.24) is 15.1 Å². The van der Waals surface area contributed by atoms with Crippen molar-refractivity contribution in [1.29, 1.82) is 0 Å². The Labute approximate surface area is 107 Å². The molecule has 1 aromatic rings. The van der Waals surface area contributed by atoms with Crippen LogP contribution < -0.4 is 10.6 Å². The largest absolute Gasteiger partial charge is 0.374 e. The molecule has 2 N–H and O–H groups in total. The van der Waals surface area contributed by atoms with Crippen molar-refractivity contribution in [3.8, 4) is 0 Å². The van der Waals surface area contributed by atoms with Gasteiger partial charge < -0.3 is 15.5 Å². The second-order valence-corrected chi connectivity index (χ2v) is 5.75. The van der Waals surface area contributed by atoms with Crippen LogP contribution in [0.2, 0.25) is 0 Å². The molecule has 1 saturated carbocycles. The van der Waals surface area contributed by atoms with E-state index in [1.807, 2.05) is 7.05 Å². The van der Waals surface area contributed by atoms with Gasteiger partial charge in [-0.15, -0.1) is 10.2 Å². The lowest BCUT2D eigenvalue weighted by molar-refractivity contribution is 0.251. The summed E-state index contributed by atoms with van der Waals surface area (Å²) in [4.78, 5) is 4.59. The van der Waals surface area contributed by atoms with Gasteiger partial charge in [-0.3, -0.25) is 0 Å². The summed E-state index contributed by atoms with van der Waals surface area (Å²) >= 11 is 1.44. The molecule has 1 aliphatic carbocycles. The van der Waals surface area contributed by atoms with Crippen molar-refractivity contribution in [3.05, 3.63) is 0 Å². The molecule has 5 nitrogen and oxygen atoms in total. The van der Waals surface area contributed by atoms with Gasteiger partial charge in [0, 0.05) is 26.2 Å². The van der Waals surface area contributed by atoms with Gasteiger partial charge in [-0.25, -0.2) is 0 Å². The fourth-order valence-corrected chi connectivity index (χ4v) is 2.91. The molecule has 0 atom stereocenters. The van der Waals surface area contributed by atoms with Gasteiger partial charge in [0.25, 0.3) is 0 Å². The Bertz CT molecular complexity index is 347. The minimum Gasteiger partial charge on any atom is -0.374 e. The third-order valence-electron chi connectivity index (χ3n) is 3.49. The third-order valence-corrected chi connectivity index (χ3v) is 4.36. The second kappa shape index (κ2) is 5.64. The van der Waals surface area contributed by atoms with Gasteiger partial charge in [-0.1, -0.05) is 24.2 Å². The number of hydrogen-bond donors (Lipinski definition) is 1. The Balaban J connectivity index is 1.77. The van der Waals surface area contributed by atoms with Gasteiger partial charge >= 0.3 is 0 Å². The first kappa shape index (κ1) is 12.6. The standard InChI is InChI=1S/C11H21N5S/c1-15(9-5-3-4-6-9)7-8-16(2)11-14-13-10(12)17-11/h9H,3-8H2,1-2H3,(H2,12,13). The van der Waals surface area contributed by atoms with E-state index in [1.54, 1.807) is 0 Å². The fourth-order valence-electron chi connectivity index (χ4n) is 2.31. The number of aromatic nitrogens is 2. The summed E-state index contributed by atoms with van der Waals surface area (Å²) in [6.07, 6.45) is 5.48. The Morgan fingerprint density at radius 1 is 1.24 bits per heavy atom. The van der Waals surface area contributed by atoms with E-state index < -0.39 is 0 Å². The molecule has 0 saturated heterocycles. The van der Waals surface area contributed by atoms with Crippen molar-refractivity contribution in [2.24, 2.45) is 0 Å². The molecule has 0 radical (unpaired) electrons. The Morgan fingerprint density at radius 2 is 1.94 bits per heavy atom. The van der Waals surface area contributed by atoms with Crippen LogP contribution in [0.15, 0.2) is 0 Å². The molecule has 2 rings (SSSR count). The molecule has 0 bridgehead atoms. The number of anilines is 2. The van der Waals surface area contributed by atoms with Crippen LogP contribution in [0.5, 0.6) is 0 Å². The lowest BCUT2D eigenvalue weighted by Gasteiger charge is -2.26. The van der Waals surface area contributed by atoms with Crippen LogP contribution in [0.25, 0.3) is 0 Å². The number of rotatable bonds is 5. The van der Waals surface area contributed by atoms with Gasteiger partial charge in [-0.05, 0) is 19.9 Å². The average Bonchev–Trinajstić information content (AvgIpc) is 2.95. The third kappa shape index (κ3) is 3.29. The topological polar surface area (TPSA) is 58.3 Å². The summed E-state index contributed by atoms with van der Waals surface area (Å²) < 4.78 is 0.